The molecule has 1 saturated carbocycles. The highest BCUT2D eigenvalue weighted by Crippen LogP contribution is 2.52. The van der Waals surface area contributed by atoms with E-state index < -0.39 is 83.9 Å². The van der Waals surface area contributed by atoms with Gasteiger partial charge >= 0.3 is 6.29 Å². The normalized spacial score (nSPS) is 23.0. The van der Waals surface area contributed by atoms with Crippen LogP contribution in [-0.4, -0.2) is 39.5 Å². The van der Waals surface area contributed by atoms with Crippen LogP contribution in [0.15, 0.2) is 36.3 Å². The van der Waals surface area contributed by atoms with Crippen molar-refractivity contribution in [2.75, 3.05) is 6.56 Å². The number of hydrogen-bond donors (Lipinski definition) is 2. The van der Waals surface area contributed by atoms with Crippen molar-refractivity contribution < 1.29 is 48.6 Å². The second-order valence-corrected chi connectivity index (χ2v) is 9.93. The molecule has 37 heavy (non-hydrogen) atoms. The SMILES string of the molecule is [2H]c1c([2H])c(C2(C(=O)Cc3cc4cc(C(C)(C)CC)n(C([2H])([2H])[C@@]([2H])(O)C([2H])([2H])O)c4cc3F)CC2)c([2H])c2c1OC(F)(F)O2. The van der Waals surface area contributed by atoms with Crippen LogP contribution in [0.1, 0.15) is 67.8 Å². The van der Waals surface area contributed by atoms with E-state index in [0.29, 0.717) is 6.42 Å². The molecule has 1 aromatic heterocycles. The van der Waals surface area contributed by atoms with E-state index in [4.69, 9.17) is 11.0 Å². The van der Waals surface area contributed by atoms with Crippen LogP contribution in [0.2, 0.25) is 0 Å². The highest BCUT2D eigenvalue weighted by Gasteiger charge is 2.52. The summed E-state index contributed by atoms with van der Waals surface area (Å²) < 4.78 is 118. The number of carbonyl (C=O) groups is 1. The molecule has 2 N–H and O–H groups in total. The Morgan fingerprint density at radius 3 is 2.62 bits per heavy atom. The standard InChI is InChI=1S/C28H30F3NO5/c1-4-26(2,3)24-10-17-9-16(20(29)13-21(17)32(24)14-19(34)15-33)11-25(35)27(7-8-27)18-5-6-22-23(12-18)37-28(30,31)36-22/h5-6,9-10,12-13,19,33-34H,4,7-8,11,14-15H2,1-3H3/t19-/m1/s1/i5D,6D,12D,14D2,15D2,19D. The molecule has 1 atom stereocenters. The second kappa shape index (κ2) is 8.77. The zero-order valence-corrected chi connectivity index (χ0v) is 20.3. The molecule has 5 rings (SSSR count). The third kappa shape index (κ3) is 4.48. The number of fused-ring (bicyclic) bond motifs is 2. The molecule has 1 aliphatic heterocycles. The average Bonchev–Trinajstić information content (AvgIpc) is 3.51. The second-order valence-electron chi connectivity index (χ2n) is 9.93. The maximum atomic E-state index is 15.7. The first-order valence-electron chi connectivity index (χ1n) is 15.7. The number of halogens is 3. The summed E-state index contributed by atoms with van der Waals surface area (Å²) in [6, 6.07) is 1.40. The largest absolute Gasteiger partial charge is 0.586 e. The van der Waals surface area contributed by atoms with Crippen LogP contribution in [0, 0.1) is 5.82 Å². The Hall–Kier alpha value is -3.04. The number of carbonyl (C=O) groups excluding carboxylic acids is 1. The minimum Gasteiger partial charge on any atom is -0.395 e. The van der Waals surface area contributed by atoms with Crippen LogP contribution < -0.4 is 9.47 Å². The smallest absolute Gasteiger partial charge is 0.395 e. The molecule has 9 heteroatoms. The Labute approximate surface area is 223 Å². The molecule has 0 unspecified atom stereocenters. The quantitative estimate of drug-likeness (QED) is 0.412. The average molecular weight is 526 g/mol. The molecule has 0 radical (unpaired) electrons. The highest BCUT2D eigenvalue weighted by atomic mass is 19.3. The molecular formula is C28H30F3NO5. The molecule has 198 valence electrons. The van der Waals surface area contributed by atoms with Crippen molar-refractivity contribution >= 4 is 16.7 Å². The number of alkyl halides is 2. The first kappa shape index (κ1) is 17.5. The third-order valence-corrected chi connectivity index (χ3v) is 7.17. The predicted molar refractivity (Wildman–Crippen MR) is 131 cm³/mol. The van der Waals surface area contributed by atoms with E-state index in [1.807, 2.05) is 0 Å². The summed E-state index contributed by atoms with van der Waals surface area (Å²) in [6.07, 6.45) is -7.92. The van der Waals surface area contributed by atoms with Gasteiger partial charge in [0.2, 0.25) is 0 Å². The molecule has 0 spiro atoms. The zero-order valence-electron chi connectivity index (χ0n) is 28.3. The van der Waals surface area contributed by atoms with Crippen LogP contribution >= 0.6 is 0 Å². The van der Waals surface area contributed by atoms with Gasteiger partial charge in [-0.3, -0.25) is 4.79 Å². The van der Waals surface area contributed by atoms with Gasteiger partial charge in [0.1, 0.15) is 11.6 Å². The molecule has 2 aromatic carbocycles. The number of benzene rings is 2. The Morgan fingerprint density at radius 1 is 1.27 bits per heavy atom. The van der Waals surface area contributed by atoms with Gasteiger partial charge in [-0.15, -0.1) is 8.78 Å². The number of ether oxygens (including phenoxy) is 2. The zero-order chi connectivity index (χ0) is 33.9. The van der Waals surface area contributed by atoms with E-state index in [1.54, 1.807) is 20.8 Å². The lowest BCUT2D eigenvalue weighted by Gasteiger charge is -2.26. The molecule has 1 fully saturated rings. The van der Waals surface area contributed by atoms with Crippen LogP contribution in [-0.2, 0) is 28.5 Å². The molecule has 2 aliphatic rings. The number of ketones is 1. The monoisotopic (exact) mass is 525 g/mol. The highest BCUT2D eigenvalue weighted by molar-refractivity contribution is 5.95. The van der Waals surface area contributed by atoms with Crippen molar-refractivity contribution in [1.82, 2.24) is 4.57 Å². The van der Waals surface area contributed by atoms with E-state index in [9.17, 15) is 23.8 Å². The number of aliphatic hydroxyl groups is 2. The first-order chi connectivity index (χ1) is 20.4. The Balaban J connectivity index is 1.60. The van der Waals surface area contributed by atoms with Crippen LogP contribution in [0.5, 0.6) is 11.5 Å². The lowest BCUT2D eigenvalue weighted by atomic mass is 9.86. The minimum atomic E-state index is -4.16. The molecule has 0 amide bonds. The summed E-state index contributed by atoms with van der Waals surface area (Å²) in [7, 11) is 0. The van der Waals surface area contributed by atoms with Gasteiger partial charge in [-0.05, 0) is 60.7 Å². The Bertz CT molecular complexity index is 1750. The van der Waals surface area contributed by atoms with Gasteiger partial charge in [-0.25, -0.2) is 4.39 Å². The molecular weight excluding hydrogens is 487 g/mol. The van der Waals surface area contributed by atoms with Gasteiger partial charge in [-0.1, -0.05) is 26.8 Å². The van der Waals surface area contributed by atoms with E-state index in [1.165, 1.54) is 12.1 Å². The van der Waals surface area contributed by atoms with Crippen molar-refractivity contribution in [2.24, 2.45) is 0 Å². The molecule has 0 bridgehead atoms. The molecule has 2 heterocycles. The van der Waals surface area contributed by atoms with Crippen LogP contribution in [0.3, 0.4) is 0 Å². The number of aromatic nitrogens is 1. The number of Topliss-reactive ketones (excluding diaryl/α,β-unsaturated/α-hetero) is 1. The van der Waals surface area contributed by atoms with Crippen molar-refractivity contribution in [3.05, 3.63) is 59.0 Å². The summed E-state index contributed by atoms with van der Waals surface area (Å²) in [4.78, 5) is 13.7. The predicted octanol–water partition coefficient (Wildman–Crippen LogP) is 4.99. The van der Waals surface area contributed by atoms with Crippen LogP contribution in [0.4, 0.5) is 13.2 Å². The maximum absolute atomic E-state index is 15.7. The van der Waals surface area contributed by atoms with Crippen molar-refractivity contribution in [3.8, 4) is 11.5 Å². The fraction of sp³-hybridized carbons (Fsp3) is 0.464. The van der Waals surface area contributed by atoms with E-state index >= 15 is 4.39 Å². The van der Waals surface area contributed by atoms with Gasteiger partial charge in [0.15, 0.2) is 11.5 Å². The summed E-state index contributed by atoms with van der Waals surface area (Å²) in [6.45, 7) is -1.88. The topological polar surface area (TPSA) is 80.9 Å². The first-order valence-corrected chi connectivity index (χ1v) is 11.7. The Kier molecular flexibility index (Phi) is 4.14. The molecule has 3 aromatic rings. The lowest BCUT2D eigenvalue weighted by molar-refractivity contribution is -0.286. The van der Waals surface area contributed by atoms with E-state index in [0.717, 1.165) is 10.6 Å². The summed E-state index contributed by atoms with van der Waals surface area (Å²) >= 11 is 0. The van der Waals surface area contributed by atoms with Crippen LogP contribution in [0.25, 0.3) is 10.9 Å². The maximum Gasteiger partial charge on any atom is 0.586 e. The van der Waals surface area contributed by atoms with Crippen molar-refractivity contribution in [3.63, 3.8) is 0 Å². The van der Waals surface area contributed by atoms with Crippen molar-refractivity contribution in [2.45, 2.75) is 76.2 Å². The summed E-state index contributed by atoms with van der Waals surface area (Å²) in [5, 5.41) is 20.6. The minimum absolute atomic E-state index is 0.0968. The van der Waals surface area contributed by atoms with Gasteiger partial charge in [-0.2, -0.15) is 0 Å². The fourth-order valence-electron chi connectivity index (χ4n) is 4.50. The number of hydrogen-bond acceptors (Lipinski definition) is 5. The van der Waals surface area contributed by atoms with Gasteiger partial charge in [0.05, 0.1) is 41.0 Å². The summed E-state index contributed by atoms with van der Waals surface area (Å²) in [5.74, 6) is -3.23. The summed E-state index contributed by atoms with van der Waals surface area (Å²) in [5.41, 5.74) is -2.95. The van der Waals surface area contributed by atoms with Gasteiger partial charge in [0, 0.05) is 22.9 Å². The molecule has 0 saturated heterocycles. The Morgan fingerprint density at radius 2 is 1.97 bits per heavy atom. The van der Waals surface area contributed by atoms with Crippen molar-refractivity contribution in [1.29, 1.82) is 0 Å². The lowest BCUT2D eigenvalue weighted by Crippen LogP contribution is -2.26. The molecule has 1 aliphatic carbocycles. The third-order valence-electron chi connectivity index (χ3n) is 7.17. The number of rotatable bonds is 9. The van der Waals surface area contributed by atoms with E-state index in [2.05, 4.69) is 9.47 Å². The number of nitrogens with zero attached hydrogens (tertiary/aromatic N) is 1. The van der Waals surface area contributed by atoms with E-state index in [-0.39, 0.29) is 40.6 Å². The van der Waals surface area contributed by atoms with Gasteiger partial charge < -0.3 is 24.3 Å². The fourth-order valence-corrected chi connectivity index (χ4v) is 4.50. The van der Waals surface area contributed by atoms with Gasteiger partial charge in [0.25, 0.3) is 0 Å². The molecule has 6 nitrogen and oxygen atoms in total.